The minimum Gasteiger partial charge on any atom is -0.337 e. The first-order chi connectivity index (χ1) is 14.6. The van der Waals surface area contributed by atoms with Gasteiger partial charge < -0.3 is 9.47 Å². The predicted octanol–water partition coefficient (Wildman–Crippen LogP) is 4.09. The summed E-state index contributed by atoms with van der Waals surface area (Å²) in [7, 11) is 1.96. The molecule has 3 aromatic rings. The number of amides is 1. The van der Waals surface area contributed by atoms with Crippen LogP contribution in [0.2, 0.25) is 0 Å². The Bertz CT molecular complexity index is 1050. The lowest BCUT2D eigenvalue weighted by molar-refractivity contribution is 0.0720. The second kappa shape index (κ2) is 7.88. The van der Waals surface area contributed by atoms with Crippen LogP contribution in [0.4, 0.5) is 0 Å². The van der Waals surface area contributed by atoms with E-state index in [1.807, 2.05) is 30.4 Å². The topological polar surface area (TPSA) is 41.4 Å². The number of hydrogen-bond donors (Lipinski definition) is 0. The van der Waals surface area contributed by atoms with Crippen molar-refractivity contribution < 1.29 is 4.79 Å². The van der Waals surface area contributed by atoms with Crippen LogP contribution < -0.4 is 0 Å². The van der Waals surface area contributed by atoms with Crippen molar-refractivity contribution in [2.75, 3.05) is 20.1 Å². The fourth-order valence-electron chi connectivity index (χ4n) is 4.78. The van der Waals surface area contributed by atoms with Gasteiger partial charge in [-0.3, -0.25) is 9.69 Å². The number of aromatic nitrogens is 2. The van der Waals surface area contributed by atoms with Crippen molar-refractivity contribution in [1.29, 1.82) is 0 Å². The average molecular weight is 403 g/mol. The zero-order chi connectivity index (χ0) is 20.7. The summed E-state index contributed by atoms with van der Waals surface area (Å²) in [5.41, 5.74) is 5.34. The van der Waals surface area contributed by atoms with Gasteiger partial charge in [0.05, 0.1) is 17.4 Å². The van der Waals surface area contributed by atoms with Crippen LogP contribution in [-0.2, 0) is 6.54 Å². The van der Waals surface area contributed by atoms with Crippen molar-refractivity contribution in [2.45, 2.75) is 51.2 Å². The van der Waals surface area contributed by atoms with Gasteiger partial charge >= 0.3 is 0 Å². The van der Waals surface area contributed by atoms with E-state index in [-0.39, 0.29) is 5.91 Å². The van der Waals surface area contributed by atoms with Crippen LogP contribution in [0, 0.1) is 6.92 Å². The van der Waals surface area contributed by atoms with Gasteiger partial charge in [-0.15, -0.1) is 0 Å². The fourth-order valence-corrected chi connectivity index (χ4v) is 4.78. The molecule has 30 heavy (non-hydrogen) atoms. The summed E-state index contributed by atoms with van der Waals surface area (Å²) in [5.74, 6) is 0.130. The molecule has 5 nitrogen and oxygen atoms in total. The van der Waals surface area contributed by atoms with Gasteiger partial charge in [0.15, 0.2) is 0 Å². The highest BCUT2D eigenvalue weighted by molar-refractivity contribution is 5.94. The van der Waals surface area contributed by atoms with E-state index in [0.29, 0.717) is 6.04 Å². The predicted molar refractivity (Wildman–Crippen MR) is 120 cm³/mol. The van der Waals surface area contributed by atoms with Crippen LogP contribution in [-0.4, -0.2) is 57.5 Å². The van der Waals surface area contributed by atoms with Crippen molar-refractivity contribution in [3.05, 3.63) is 65.5 Å². The molecular formula is C25H30N4O. The van der Waals surface area contributed by atoms with Crippen LogP contribution in [0.3, 0.4) is 0 Å². The Labute approximate surface area is 178 Å². The third-order valence-electron chi connectivity index (χ3n) is 6.98. The van der Waals surface area contributed by atoms with Gasteiger partial charge in [0.1, 0.15) is 0 Å². The Kier molecular flexibility index (Phi) is 5.07. The Morgan fingerprint density at radius 2 is 1.93 bits per heavy atom. The minimum absolute atomic E-state index is 0.130. The van der Waals surface area contributed by atoms with E-state index in [9.17, 15) is 4.79 Å². The highest BCUT2D eigenvalue weighted by Crippen LogP contribution is 2.29. The van der Waals surface area contributed by atoms with Crippen LogP contribution in [0.5, 0.6) is 0 Å². The van der Waals surface area contributed by atoms with Gasteiger partial charge in [-0.25, -0.2) is 4.98 Å². The standard InChI is InChI=1S/C25H30N4O/c1-18-6-11-23-24(14-18)29(17-26-23)15-19-7-9-20(10-8-19)25(30)27(2)22-12-13-28(16-22)21-4-3-5-21/h6-11,14,17,21-22H,3-5,12-13,15-16H2,1-2H3/t22-/m1/s1. The smallest absolute Gasteiger partial charge is 0.253 e. The summed E-state index contributed by atoms with van der Waals surface area (Å²) in [4.78, 5) is 22.1. The highest BCUT2D eigenvalue weighted by Gasteiger charge is 2.34. The van der Waals surface area contributed by atoms with Crippen molar-refractivity contribution in [1.82, 2.24) is 19.4 Å². The SMILES string of the molecule is Cc1ccc2ncn(Cc3ccc(C(=O)N(C)[C@@H]4CCN(C5CCC5)C4)cc3)c2c1. The Morgan fingerprint density at radius 3 is 2.67 bits per heavy atom. The molecule has 1 aliphatic carbocycles. The van der Waals surface area contributed by atoms with E-state index >= 15 is 0 Å². The molecule has 1 aliphatic heterocycles. The molecule has 2 heterocycles. The van der Waals surface area contributed by atoms with E-state index in [1.54, 1.807) is 0 Å². The first-order valence-corrected chi connectivity index (χ1v) is 11.1. The summed E-state index contributed by atoms with van der Waals surface area (Å²) >= 11 is 0. The number of likely N-dealkylation sites (tertiary alicyclic amines) is 1. The summed E-state index contributed by atoms with van der Waals surface area (Å²) in [6, 6.07) is 15.5. The maximum atomic E-state index is 13.0. The monoisotopic (exact) mass is 402 g/mol. The molecule has 156 valence electrons. The van der Waals surface area contributed by atoms with E-state index in [0.717, 1.165) is 48.7 Å². The van der Waals surface area contributed by atoms with Gasteiger partial charge in [-0.05, 0) is 61.6 Å². The average Bonchev–Trinajstić information content (AvgIpc) is 3.34. The first kappa shape index (κ1) is 19.3. The molecule has 1 saturated carbocycles. The molecule has 0 N–H and O–H groups in total. The van der Waals surface area contributed by atoms with Gasteiger partial charge in [-0.2, -0.15) is 0 Å². The second-order valence-corrected chi connectivity index (χ2v) is 9.00. The third-order valence-corrected chi connectivity index (χ3v) is 6.98. The fraction of sp³-hybridized carbons (Fsp3) is 0.440. The summed E-state index contributed by atoms with van der Waals surface area (Å²) in [5, 5.41) is 0. The van der Waals surface area contributed by atoms with E-state index < -0.39 is 0 Å². The number of nitrogens with zero attached hydrogens (tertiary/aromatic N) is 4. The number of carbonyl (C=O) groups is 1. The zero-order valence-electron chi connectivity index (χ0n) is 17.9. The largest absolute Gasteiger partial charge is 0.337 e. The number of likely N-dealkylation sites (N-methyl/N-ethyl adjacent to an activating group) is 1. The summed E-state index contributed by atoms with van der Waals surface area (Å²) in [6.45, 7) is 5.01. The molecular weight excluding hydrogens is 372 g/mol. The molecule has 1 atom stereocenters. The van der Waals surface area contributed by atoms with Crippen LogP contribution in [0.25, 0.3) is 11.0 Å². The number of hydrogen-bond acceptors (Lipinski definition) is 3. The molecule has 1 saturated heterocycles. The van der Waals surface area contributed by atoms with Gasteiger partial charge in [0.25, 0.3) is 5.91 Å². The van der Waals surface area contributed by atoms with Gasteiger partial charge in [0, 0.05) is 44.3 Å². The molecule has 1 amide bonds. The Balaban J connectivity index is 1.25. The van der Waals surface area contributed by atoms with E-state index in [4.69, 9.17) is 0 Å². The lowest BCUT2D eigenvalue weighted by Crippen LogP contribution is -2.43. The van der Waals surface area contributed by atoms with E-state index in [1.165, 1.54) is 30.4 Å². The molecule has 2 fully saturated rings. The number of fused-ring (bicyclic) bond motifs is 1. The molecule has 0 unspecified atom stereocenters. The molecule has 5 heteroatoms. The number of rotatable bonds is 5. The third kappa shape index (κ3) is 3.63. The lowest BCUT2D eigenvalue weighted by atomic mass is 9.92. The quantitative estimate of drug-likeness (QED) is 0.645. The van der Waals surface area contributed by atoms with Crippen molar-refractivity contribution in [3.63, 3.8) is 0 Å². The molecule has 0 bridgehead atoms. The molecule has 2 aliphatic rings. The number of benzene rings is 2. The van der Waals surface area contributed by atoms with Crippen molar-refractivity contribution in [3.8, 4) is 0 Å². The van der Waals surface area contributed by atoms with Gasteiger partial charge in [-0.1, -0.05) is 24.6 Å². The maximum absolute atomic E-state index is 13.0. The number of carbonyl (C=O) groups excluding carboxylic acids is 1. The Morgan fingerprint density at radius 1 is 1.13 bits per heavy atom. The van der Waals surface area contributed by atoms with Crippen LogP contribution >= 0.6 is 0 Å². The van der Waals surface area contributed by atoms with Crippen molar-refractivity contribution >= 4 is 16.9 Å². The maximum Gasteiger partial charge on any atom is 0.253 e. The first-order valence-electron chi connectivity index (χ1n) is 11.1. The molecule has 2 aromatic carbocycles. The second-order valence-electron chi connectivity index (χ2n) is 9.00. The minimum atomic E-state index is 0.130. The van der Waals surface area contributed by atoms with E-state index in [2.05, 4.69) is 51.7 Å². The molecule has 0 radical (unpaired) electrons. The zero-order valence-corrected chi connectivity index (χ0v) is 17.9. The lowest BCUT2D eigenvalue weighted by Gasteiger charge is -2.35. The van der Waals surface area contributed by atoms with Crippen molar-refractivity contribution in [2.24, 2.45) is 0 Å². The summed E-state index contributed by atoms with van der Waals surface area (Å²) < 4.78 is 2.17. The van der Waals surface area contributed by atoms with Gasteiger partial charge in [0.2, 0.25) is 0 Å². The Hall–Kier alpha value is -2.66. The molecule has 1 aromatic heterocycles. The summed E-state index contributed by atoms with van der Waals surface area (Å²) in [6.07, 6.45) is 7.01. The number of aryl methyl sites for hydroxylation is 1. The number of imidazole rings is 1. The molecule has 0 spiro atoms. The highest BCUT2D eigenvalue weighted by atomic mass is 16.2. The van der Waals surface area contributed by atoms with Crippen LogP contribution in [0.1, 0.15) is 47.2 Å². The normalized spacial score (nSPS) is 19.9. The van der Waals surface area contributed by atoms with Crippen LogP contribution in [0.15, 0.2) is 48.8 Å². The molecule has 5 rings (SSSR count).